The monoisotopic (exact) mass is 635 g/mol. The highest BCUT2D eigenvalue weighted by atomic mass is 15.0. The number of benzene rings is 7. The Labute approximate surface area is 288 Å². The van der Waals surface area contributed by atoms with E-state index >= 15 is 0 Å². The van der Waals surface area contributed by atoms with E-state index in [0.29, 0.717) is 16.8 Å². The molecule has 0 aliphatic heterocycles. The molecule has 0 fully saturated rings. The van der Waals surface area contributed by atoms with Crippen LogP contribution >= 0.6 is 0 Å². The Kier molecular flexibility index (Phi) is 6.56. The second-order valence-electron chi connectivity index (χ2n) is 12.3. The van der Waals surface area contributed by atoms with Crippen LogP contribution in [-0.2, 0) is 0 Å². The van der Waals surface area contributed by atoms with Gasteiger partial charge in [-0.1, -0.05) is 97.1 Å². The Morgan fingerprint density at radius 2 is 1.08 bits per heavy atom. The van der Waals surface area contributed by atoms with Crippen LogP contribution in [0.5, 0.6) is 0 Å². The quantitative estimate of drug-likeness (QED) is 0.181. The lowest BCUT2D eigenvalue weighted by atomic mass is 9.97. The lowest BCUT2D eigenvalue weighted by Crippen LogP contribution is -1.98. The number of para-hydroxylation sites is 3. The molecule has 0 unspecified atom stereocenters. The number of nitrogens with zero attached hydrogens (tertiary/aromatic N) is 5. The van der Waals surface area contributed by atoms with Gasteiger partial charge in [0.2, 0.25) is 0 Å². The first kappa shape index (κ1) is 28.8. The molecular formula is C45H25N5. The van der Waals surface area contributed by atoms with Gasteiger partial charge in [0.25, 0.3) is 0 Å². The van der Waals surface area contributed by atoms with Crippen LogP contribution in [0.4, 0.5) is 5.69 Å². The van der Waals surface area contributed by atoms with Crippen molar-refractivity contribution < 1.29 is 0 Å². The number of rotatable bonds is 4. The molecule has 0 saturated heterocycles. The minimum absolute atomic E-state index is 0.564. The molecule has 0 spiro atoms. The zero-order valence-corrected chi connectivity index (χ0v) is 26.7. The summed E-state index contributed by atoms with van der Waals surface area (Å²) in [5, 5.41) is 24.2. The summed E-state index contributed by atoms with van der Waals surface area (Å²) in [5.74, 6) is 0. The highest BCUT2D eigenvalue weighted by molar-refractivity contribution is 6.11. The highest BCUT2D eigenvalue weighted by Gasteiger charge is 2.18. The van der Waals surface area contributed by atoms with Crippen molar-refractivity contribution in [2.75, 3.05) is 0 Å². The van der Waals surface area contributed by atoms with Crippen LogP contribution in [0.2, 0.25) is 0 Å². The average Bonchev–Trinajstić information content (AvgIpc) is 3.69. The molecule has 2 aromatic heterocycles. The van der Waals surface area contributed by atoms with Crippen LogP contribution in [-0.4, -0.2) is 9.13 Å². The fourth-order valence-electron chi connectivity index (χ4n) is 7.35. The van der Waals surface area contributed by atoms with Gasteiger partial charge in [0.05, 0.1) is 51.7 Å². The second-order valence-corrected chi connectivity index (χ2v) is 12.3. The highest BCUT2D eigenvalue weighted by Crippen LogP contribution is 2.39. The molecule has 0 amide bonds. The Morgan fingerprint density at radius 1 is 0.460 bits per heavy atom. The maximum Gasteiger partial charge on any atom is 0.189 e. The molecular weight excluding hydrogens is 611 g/mol. The molecule has 50 heavy (non-hydrogen) atoms. The summed E-state index contributed by atoms with van der Waals surface area (Å²) in [5.41, 5.74) is 11.7. The zero-order chi connectivity index (χ0) is 33.8. The fourth-order valence-corrected chi connectivity index (χ4v) is 7.35. The molecule has 2 heterocycles. The van der Waals surface area contributed by atoms with E-state index in [1.807, 2.05) is 60.7 Å². The average molecular weight is 636 g/mol. The molecule has 5 nitrogen and oxygen atoms in total. The minimum atomic E-state index is 0.564. The van der Waals surface area contributed by atoms with Gasteiger partial charge in [-0.25, -0.2) is 4.85 Å². The molecule has 0 N–H and O–H groups in total. The van der Waals surface area contributed by atoms with Crippen molar-refractivity contribution >= 4 is 49.3 Å². The number of hydrogen-bond donors (Lipinski definition) is 0. The first-order valence-corrected chi connectivity index (χ1v) is 16.3. The zero-order valence-electron chi connectivity index (χ0n) is 26.7. The predicted molar refractivity (Wildman–Crippen MR) is 202 cm³/mol. The molecule has 0 bridgehead atoms. The van der Waals surface area contributed by atoms with Crippen LogP contribution in [0.25, 0.3) is 82.1 Å². The van der Waals surface area contributed by atoms with Crippen molar-refractivity contribution in [2.45, 2.75) is 0 Å². The number of fused-ring (bicyclic) bond motifs is 6. The fraction of sp³-hybridized carbons (Fsp3) is 0. The number of nitriles is 2. The van der Waals surface area contributed by atoms with E-state index in [4.69, 9.17) is 6.57 Å². The van der Waals surface area contributed by atoms with Crippen molar-refractivity contribution in [1.82, 2.24) is 9.13 Å². The molecule has 7 aromatic carbocycles. The van der Waals surface area contributed by atoms with Crippen LogP contribution < -0.4 is 0 Å². The maximum atomic E-state index is 10.4. The summed E-state index contributed by atoms with van der Waals surface area (Å²) in [6, 6.07) is 55.7. The summed E-state index contributed by atoms with van der Waals surface area (Å²) in [6.07, 6.45) is 0. The maximum absolute atomic E-state index is 10.4. The second kappa shape index (κ2) is 11.4. The summed E-state index contributed by atoms with van der Waals surface area (Å²) >= 11 is 0. The van der Waals surface area contributed by atoms with Crippen molar-refractivity contribution in [3.8, 4) is 45.8 Å². The summed E-state index contributed by atoms with van der Waals surface area (Å²) < 4.78 is 4.38. The number of aromatic nitrogens is 2. The van der Waals surface area contributed by atoms with Gasteiger partial charge >= 0.3 is 0 Å². The van der Waals surface area contributed by atoms with Gasteiger partial charge in [-0.05, 0) is 71.3 Å². The third kappa shape index (κ3) is 4.38. The van der Waals surface area contributed by atoms with Crippen molar-refractivity contribution in [3.63, 3.8) is 0 Å². The summed E-state index contributed by atoms with van der Waals surface area (Å²) in [7, 11) is 0. The van der Waals surface area contributed by atoms with E-state index in [2.05, 4.69) is 117 Å². The van der Waals surface area contributed by atoms with Gasteiger partial charge in [0, 0.05) is 32.6 Å². The molecule has 9 aromatic rings. The van der Waals surface area contributed by atoms with E-state index in [1.165, 1.54) is 0 Å². The van der Waals surface area contributed by atoms with Gasteiger partial charge < -0.3 is 9.13 Å². The summed E-state index contributed by atoms with van der Waals surface area (Å²) in [6.45, 7) is 7.63. The normalized spacial score (nSPS) is 11.1. The molecule has 230 valence electrons. The Morgan fingerprint density at radius 3 is 1.82 bits per heavy atom. The SMILES string of the molecule is [C-]#[N+]c1ccc2c3ccccc3n(-c3ccccc3-c3ccc(-c4ccc(-n5c6ccccc6c6cc(C#N)ccc65)c(C#N)c4)cc3)c2c1. The van der Waals surface area contributed by atoms with Crippen LogP contribution in [0.3, 0.4) is 0 Å². The third-order valence-corrected chi connectivity index (χ3v) is 9.62. The van der Waals surface area contributed by atoms with Gasteiger partial charge in [-0.3, -0.25) is 0 Å². The predicted octanol–water partition coefficient (Wildman–Crippen LogP) is 11.5. The van der Waals surface area contributed by atoms with Crippen molar-refractivity contribution in [3.05, 3.63) is 174 Å². The topological polar surface area (TPSA) is 61.8 Å². The molecule has 0 aliphatic carbocycles. The number of hydrogen-bond acceptors (Lipinski definition) is 2. The van der Waals surface area contributed by atoms with Gasteiger partial charge in [-0.15, -0.1) is 0 Å². The first-order valence-electron chi connectivity index (χ1n) is 16.3. The van der Waals surface area contributed by atoms with Crippen molar-refractivity contribution in [2.24, 2.45) is 0 Å². The van der Waals surface area contributed by atoms with Crippen LogP contribution in [0.15, 0.2) is 152 Å². The van der Waals surface area contributed by atoms with Gasteiger partial charge in [-0.2, -0.15) is 10.5 Å². The molecule has 0 aliphatic rings. The first-order chi connectivity index (χ1) is 24.7. The summed E-state index contributed by atoms with van der Waals surface area (Å²) in [4.78, 5) is 3.71. The molecule has 9 rings (SSSR count). The standard InChI is InChI=1S/C45H25N5/c1-48-34-20-21-38-36-9-3-6-12-42(36)50(45(38)26-34)41-11-5-2-8-35(41)31-17-15-30(16-18-31)32-19-23-40(33(25-32)28-47)49-43-13-7-4-10-37(43)39-24-29(27-46)14-22-44(39)49/h2-26H. The Bertz CT molecular complexity index is 2960. The van der Waals surface area contributed by atoms with Crippen molar-refractivity contribution in [1.29, 1.82) is 10.5 Å². The van der Waals surface area contributed by atoms with E-state index in [1.54, 1.807) is 0 Å². The molecule has 0 atom stereocenters. The molecule has 0 saturated carbocycles. The van der Waals surface area contributed by atoms with E-state index < -0.39 is 0 Å². The third-order valence-electron chi connectivity index (χ3n) is 9.62. The lowest BCUT2D eigenvalue weighted by Gasteiger charge is -2.15. The molecule has 5 heteroatoms. The van der Waals surface area contributed by atoms with Gasteiger partial charge in [0.15, 0.2) is 5.69 Å². The van der Waals surface area contributed by atoms with Gasteiger partial charge in [0.1, 0.15) is 6.07 Å². The smallest absolute Gasteiger partial charge is 0.189 e. The molecule has 0 radical (unpaired) electrons. The largest absolute Gasteiger partial charge is 0.310 e. The van der Waals surface area contributed by atoms with Crippen LogP contribution in [0.1, 0.15) is 11.1 Å². The Balaban J connectivity index is 1.14. The van der Waals surface area contributed by atoms with E-state index in [0.717, 1.165) is 77.2 Å². The minimum Gasteiger partial charge on any atom is -0.310 e. The Hall–Kier alpha value is -7.39. The van der Waals surface area contributed by atoms with E-state index in [9.17, 15) is 10.5 Å². The van der Waals surface area contributed by atoms with E-state index in [-0.39, 0.29) is 0 Å². The lowest BCUT2D eigenvalue weighted by molar-refractivity contribution is 1.17. The van der Waals surface area contributed by atoms with Crippen LogP contribution in [0, 0.1) is 29.2 Å².